The van der Waals surface area contributed by atoms with Gasteiger partial charge in [0, 0.05) is 17.4 Å². The van der Waals surface area contributed by atoms with Crippen LogP contribution < -0.4 is 4.74 Å². The van der Waals surface area contributed by atoms with Gasteiger partial charge in [-0.05, 0) is 24.1 Å². The maximum atomic E-state index is 11.2. The summed E-state index contributed by atoms with van der Waals surface area (Å²) in [7, 11) is 1.61. The topological polar surface area (TPSA) is 74.7 Å². The van der Waals surface area contributed by atoms with E-state index in [0.717, 1.165) is 28.6 Å². The first-order chi connectivity index (χ1) is 8.72. The highest BCUT2D eigenvalue weighted by Gasteiger charge is 2.25. The van der Waals surface area contributed by atoms with Gasteiger partial charge >= 0.3 is 5.97 Å². The Kier molecular flexibility index (Phi) is 2.33. The Bertz CT molecular complexity index is 670. The largest absolute Gasteiger partial charge is 0.496 e. The second kappa shape index (κ2) is 3.87. The minimum atomic E-state index is -0.999. The van der Waals surface area contributed by atoms with Gasteiger partial charge in [0.05, 0.1) is 12.8 Å². The van der Waals surface area contributed by atoms with Crippen molar-refractivity contribution >= 4 is 22.6 Å². The van der Waals surface area contributed by atoms with Gasteiger partial charge < -0.3 is 14.8 Å². The average Bonchev–Trinajstić information content (AvgIpc) is 2.76. The van der Waals surface area contributed by atoms with Gasteiger partial charge in [0.1, 0.15) is 5.75 Å². The summed E-state index contributed by atoms with van der Waals surface area (Å²) in [6, 6.07) is 5.67. The molecule has 3 rings (SSSR count). The molecule has 0 fully saturated rings. The van der Waals surface area contributed by atoms with Gasteiger partial charge in [0.25, 0.3) is 0 Å². The molecule has 0 spiro atoms. The number of aromatic nitrogens is 1. The second-order valence-corrected chi connectivity index (χ2v) is 4.15. The highest BCUT2D eigenvalue weighted by atomic mass is 16.5. The lowest BCUT2D eigenvalue weighted by Gasteiger charge is -2.10. The summed E-state index contributed by atoms with van der Waals surface area (Å²) < 4.78 is 5.34. The van der Waals surface area contributed by atoms with E-state index in [4.69, 9.17) is 9.84 Å². The maximum absolute atomic E-state index is 11.2. The highest BCUT2D eigenvalue weighted by molar-refractivity contribution is 6.43. The number of H-pyrrole nitrogens is 1. The highest BCUT2D eigenvalue weighted by Crippen LogP contribution is 2.33. The zero-order chi connectivity index (χ0) is 12.7. The maximum Gasteiger partial charge on any atom is 0.356 e. The first-order valence-corrected chi connectivity index (χ1v) is 5.68. The van der Waals surface area contributed by atoms with Crippen molar-refractivity contribution < 1.29 is 14.6 Å². The molecule has 0 amide bonds. The number of nitrogens with zero attached hydrogens (tertiary/aromatic N) is 1. The van der Waals surface area contributed by atoms with E-state index in [-0.39, 0.29) is 5.71 Å². The normalized spacial score (nSPS) is 14.2. The Morgan fingerprint density at radius 1 is 1.50 bits per heavy atom. The number of carboxylic acids is 1. The fraction of sp³-hybridized carbons (Fsp3) is 0.231. The zero-order valence-electron chi connectivity index (χ0n) is 9.86. The Morgan fingerprint density at radius 2 is 2.33 bits per heavy atom. The van der Waals surface area contributed by atoms with Gasteiger partial charge in [0.15, 0.2) is 5.71 Å². The van der Waals surface area contributed by atoms with E-state index in [0.29, 0.717) is 12.2 Å². The molecule has 5 heteroatoms. The van der Waals surface area contributed by atoms with Crippen molar-refractivity contribution in [2.24, 2.45) is 4.99 Å². The van der Waals surface area contributed by atoms with E-state index in [1.165, 1.54) is 0 Å². The van der Waals surface area contributed by atoms with Crippen LogP contribution in [0.5, 0.6) is 5.75 Å². The summed E-state index contributed by atoms with van der Waals surface area (Å²) in [5.74, 6) is -0.238. The summed E-state index contributed by atoms with van der Waals surface area (Å²) >= 11 is 0. The smallest absolute Gasteiger partial charge is 0.356 e. The number of hydrogen-bond donors (Lipinski definition) is 2. The predicted octanol–water partition coefficient (Wildman–Crippen LogP) is 1.61. The van der Waals surface area contributed by atoms with Crippen molar-refractivity contribution in [2.45, 2.75) is 6.42 Å². The number of benzene rings is 1. The van der Waals surface area contributed by atoms with Crippen LogP contribution in [0.2, 0.25) is 0 Å². The number of methoxy groups -OCH3 is 1. The molecule has 2 N–H and O–H groups in total. The predicted molar refractivity (Wildman–Crippen MR) is 67.6 cm³/mol. The fourth-order valence-electron chi connectivity index (χ4n) is 2.44. The summed E-state index contributed by atoms with van der Waals surface area (Å²) in [5.41, 5.74) is 2.58. The second-order valence-electron chi connectivity index (χ2n) is 4.15. The molecule has 1 aliphatic rings. The van der Waals surface area contributed by atoms with Gasteiger partial charge in [-0.15, -0.1) is 0 Å². The number of carbonyl (C=O) groups is 1. The average molecular weight is 244 g/mol. The van der Waals surface area contributed by atoms with Crippen LogP contribution in [0.15, 0.2) is 23.2 Å². The van der Waals surface area contributed by atoms with Crippen LogP contribution >= 0.6 is 0 Å². The number of ether oxygens (including phenoxy) is 1. The molecule has 0 radical (unpaired) electrons. The number of aromatic amines is 1. The Labute approximate surface area is 103 Å². The molecule has 2 heterocycles. The summed E-state index contributed by atoms with van der Waals surface area (Å²) in [6.07, 6.45) is 0.729. The Balaban J connectivity index is 2.33. The lowest BCUT2D eigenvalue weighted by Crippen LogP contribution is -2.21. The van der Waals surface area contributed by atoms with Crippen LogP contribution in [0.1, 0.15) is 11.3 Å². The van der Waals surface area contributed by atoms with E-state index < -0.39 is 5.97 Å². The number of nitrogens with one attached hydrogen (secondary N) is 1. The van der Waals surface area contributed by atoms with Gasteiger partial charge in [-0.3, -0.25) is 4.99 Å². The Morgan fingerprint density at radius 3 is 3.06 bits per heavy atom. The third-order valence-corrected chi connectivity index (χ3v) is 3.18. The van der Waals surface area contributed by atoms with Crippen LogP contribution in [-0.2, 0) is 11.2 Å². The van der Waals surface area contributed by atoms with Crippen molar-refractivity contribution in [1.82, 2.24) is 4.98 Å². The monoisotopic (exact) mass is 244 g/mol. The molecular formula is C13H12N2O3. The van der Waals surface area contributed by atoms with Gasteiger partial charge in [-0.25, -0.2) is 4.79 Å². The molecule has 5 nitrogen and oxygen atoms in total. The quantitative estimate of drug-likeness (QED) is 0.842. The summed E-state index contributed by atoms with van der Waals surface area (Å²) in [4.78, 5) is 18.4. The fourth-order valence-corrected chi connectivity index (χ4v) is 2.44. The number of aliphatic imine (C=N–C) groups is 1. The SMILES string of the molecule is COc1cccc2[nH]c3c(c12)CCN=C3C(=O)O. The summed E-state index contributed by atoms with van der Waals surface area (Å²) in [6.45, 7) is 0.500. The minimum Gasteiger partial charge on any atom is -0.496 e. The molecule has 0 aliphatic carbocycles. The van der Waals surface area contributed by atoms with Crippen molar-refractivity contribution in [2.75, 3.05) is 13.7 Å². The number of hydrogen-bond acceptors (Lipinski definition) is 3. The first kappa shape index (κ1) is 10.8. The third-order valence-electron chi connectivity index (χ3n) is 3.18. The van der Waals surface area contributed by atoms with E-state index in [9.17, 15) is 4.79 Å². The molecular weight excluding hydrogens is 232 g/mol. The molecule has 2 aromatic rings. The molecule has 18 heavy (non-hydrogen) atoms. The van der Waals surface area contributed by atoms with Crippen molar-refractivity contribution in [3.05, 3.63) is 29.5 Å². The molecule has 0 atom stereocenters. The number of carboxylic acid groups (broad SMARTS) is 1. The zero-order valence-corrected chi connectivity index (χ0v) is 9.86. The number of fused-ring (bicyclic) bond motifs is 3. The molecule has 1 aromatic heterocycles. The first-order valence-electron chi connectivity index (χ1n) is 5.68. The van der Waals surface area contributed by atoms with Crippen molar-refractivity contribution in [1.29, 1.82) is 0 Å². The standard InChI is InChI=1S/C13H12N2O3/c1-18-9-4-2-3-8-10(9)7-5-6-14-12(13(16)17)11(7)15-8/h2-4,15H,5-6H2,1H3,(H,16,17). The Hall–Kier alpha value is -2.30. The molecule has 0 unspecified atom stereocenters. The third kappa shape index (κ3) is 1.40. The molecule has 1 aromatic carbocycles. The lowest BCUT2D eigenvalue weighted by atomic mass is 10.0. The van der Waals surface area contributed by atoms with Gasteiger partial charge in [-0.1, -0.05) is 6.07 Å². The van der Waals surface area contributed by atoms with E-state index in [1.807, 2.05) is 18.2 Å². The summed E-state index contributed by atoms with van der Waals surface area (Å²) in [5, 5.41) is 10.1. The van der Waals surface area contributed by atoms with E-state index >= 15 is 0 Å². The van der Waals surface area contributed by atoms with E-state index in [2.05, 4.69) is 9.98 Å². The van der Waals surface area contributed by atoms with Crippen LogP contribution in [0.4, 0.5) is 0 Å². The minimum absolute atomic E-state index is 0.106. The van der Waals surface area contributed by atoms with Crippen molar-refractivity contribution in [3.8, 4) is 5.75 Å². The molecule has 0 bridgehead atoms. The lowest BCUT2D eigenvalue weighted by molar-refractivity contribution is -0.129. The number of aliphatic carboxylic acids is 1. The molecule has 0 saturated heterocycles. The van der Waals surface area contributed by atoms with Gasteiger partial charge in [-0.2, -0.15) is 0 Å². The number of rotatable bonds is 2. The van der Waals surface area contributed by atoms with Crippen LogP contribution in [0.3, 0.4) is 0 Å². The van der Waals surface area contributed by atoms with Crippen LogP contribution in [0, 0.1) is 0 Å². The van der Waals surface area contributed by atoms with Crippen LogP contribution in [-0.4, -0.2) is 35.4 Å². The van der Waals surface area contributed by atoms with Crippen LogP contribution in [0.25, 0.3) is 10.9 Å². The molecule has 92 valence electrons. The molecule has 1 aliphatic heterocycles. The van der Waals surface area contributed by atoms with Gasteiger partial charge in [0.2, 0.25) is 0 Å². The molecule has 0 saturated carbocycles. The van der Waals surface area contributed by atoms with Crippen molar-refractivity contribution in [3.63, 3.8) is 0 Å². The van der Waals surface area contributed by atoms with E-state index in [1.54, 1.807) is 7.11 Å².